The van der Waals surface area contributed by atoms with Crippen molar-refractivity contribution < 1.29 is 14.8 Å². The molecule has 1 aromatic heterocycles. The average Bonchev–Trinajstić information content (AvgIpc) is 2.82. The number of nitro groups is 1. The Labute approximate surface area is 199 Å². The van der Waals surface area contributed by atoms with Crippen LogP contribution in [0.4, 0.5) is 22.2 Å². The summed E-state index contributed by atoms with van der Waals surface area (Å²) < 4.78 is 0. The molecule has 0 atom stereocenters. The molecule has 1 fully saturated rings. The first-order chi connectivity index (χ1) is 16.3. The summed E-state index contributed by atoms with van der Waals surface area (Å²) in [5.74, 6) is 1.65. The third-order valence-corrected chi connectivity index (χ3v) is 6.80. The third kappa shape index (κ3) is 5.37. The van der Waals surface area contributed by atoms with Crippen molar-refractivity contribution in [2.75, 3.05) is 24.3 Å². The quantitative estimate of drug-likeness (QED) is 0.457. The molecule has 2 N–H and O–H groups in total. The van der Waals surface area contributed by atoms with Gasteiger partial charge in [-0.05, 0) is 56.9 Å². The fourth-order valence-electron chi connectivity index (χ4n) is 5.00. The number of nitrogens with zero attached hydrogens (tertiary/aromatic N) is 5. The monoisotopic (exact) mass is 468 g/mol. The molecule has 2 aliphatic rings. The van der Waals surface area contributed by atoms with Crippen molar-refractivity contribution in [1.82, 2.24) is 14.9 Å². The molecular formula is C24H32N6O4. The SMILES string of the molecule is CN(C)c1nc(N[C@H]2CC[C@@H](N(Cc3ccc([N+](=O)[O-])cc3)C(=O)O)CC2)nc2c1CCCC2. The molecule has 2 aromatic rings. The van der Waals surface area contributed by atoms with Gasteiger partial charge in [-0.25, -0.2) is 9.78 Å². The Balaban J connectivity index is 1.38. The van der Waals surface area contributed by atoms with Gasteiger partial charge in [0.1, 0.15) is 5.82 Å². The van der Waals surface area contributed by atoms with Crippen LogP contribution >= 0.6 is 0 Å². The summed E-state index contributed by atoms with van der Waals surface area (Å²) in [4.78, 5) is 35.5. The molecule has 1 saturated carbocycles. The number of carboxylic acid groups (broad SMARTS) is 1. The number of nitrogens with one attached hydrogen (secondary N) is 1. The topological polar surface area (TPSA) is 125 Å². The van der Waals surface area contributed by atoms with E-state index in [0.29, 0.717) is 5.95 Å². The van der Waals surface area contributed by atoms with Crippen LogP contribution in [-0.2, 0) is 19.4 Å². The maximum absolute atomic E-state index is 12.0. The maximum atomic E-state index is 12.0. The van der Waals surface area contributed by atoms with Crippen LogP contribution in [0.25, 0.3) is 0 Å². The van der Waals surface area contributed by atoms with Gasteiger partial charge in [0, 0.05) is 50.4 Å². The molecule has 34 heavy (non-hydrogen) atoms. The van der Waals surface area contributed by atoms with E-state index in [-0.39, 0.29) is 24.3 Å². The number of non-ortho nitro benzene ring substituents is 1. The second kappa shape index (κ2) is 10.2. The van der Waals surface area contributed by atoms with Gasteiger partial charge in [-0.1, -0.05) is 12.1 Å². The lowest BCUT2D eigenvalue weighted by Crippen LogP contribution is -2.43. The number of nitro benzene ring substituents is 1. The van der Waals surface area contributed by atoms with Crippen molar-refractivity contribution in [3.05, 3.63) is 51.2 Å². The van der Waals surface area contributed by atoms with Crippen LogP contribution in [0.3, 0.4) is 0 Å². The van der Waals surface area contributed by atoms with E-state index in [1.165, 1.54) is 29.0 Å². The van der Waals surface area contributed by atoms with Crippen molar-refractivity contribution >= 4 is 23.5 Å². The lowest BCUT2D eigenvalue weighted by Gasteiger charge is -2.35. The molecule has 182 valence electrons. The van der Waals surface area contributed by atoms with Gasteiger partial charge in [0.2, 0.25) is 5.95 Å². The van der Waals surface area contributed by atoms with Crippen LogP contribution in [-0.4, -0.2) is 57.2 Å². The number of aryl methyl sites for hydroxylation is 1. The largest absolute Gasteiger partial charge is 0.465 e. The number of hydrogen-bond donors (Lipinski definition) is 2. The van der Waals surface area contributed by atoms with Crippen LogP contribution in [0.15, 0.2) is 24.3 Å². The fourth-order valence-corrected chi connectivity index (χ4v) is 5.00. The Hall–Kier alpha value is -3.43. The molecule has 1 heterocycles. The number of benzene rings is 1. The number of amides is 1. The Morgan fingerprint density at radius 3 is 2.41 bits per heavy atom. The van der Waals surface area contributed by atoms with E-state index in [0.717, 1.165) is 62.0 Å². The molecule has 2 aliphatic carbocycles. The van der Waals surface area contributed by atoms with E-state index in [1.54, 1.807) is 12.1 Å². The van der Waals surface area contributed by atoms with Crippen LogP contribution in [0.5, 0.6) is 0 Å². The Bertz CT molecular complexity index is 1030. The van der Waals surface area contributed by atoms with E-state index < -0.39 is 11.0 Å². The summed E-state index contributed by atoms with van der Waals surface area (Å²) in [6.07, 6.45) is 6.49. The molecule has 0 bridgehead atoms. The zero-order chi connectivity index (χ0) is 24.2. The first kappa shape index (κ1) is 23.7. The zero-order valence-corrected chi connectivity index (χ0v) is 19.7. The molecule has 0 radical (unpaired) electrons. The van der Waals surface area contributed by atoms with Crippen molar-refractivity contribution in [3.63, 3.8) is 0 Å². The number of aromatic nitrogens is 2. The summed E-state index contributed by atoms with van der Waals surface area (Å²) in [6, 6.07) is 6.18. The predicted octanol–water partition coefficient (Wildman–Crippen LogP) is 4.23. The molecule has 0 saturated heterocycles. The molecule has 0 unspecified atom stereocenters. The van der Waals surface area contributed by atoms with E-state index in [4.69, 9.17) is 9.97 Å². The summed E-state index contributed by atoms with van der Waals surface area (Å²) in [5, 5.41) is 24.2. The van der Waals surface area contributed by atoms with E-state index in [1.807, 2.05) is 14.1 Å². The highest BCUT2D eigenvalue weighted by molar-refractivity contribution is 5.65. The van der Waals surface area contributed by atoms with Crippen LogP contribution in [0.2, 0.25) is 0 Å². The van der Waals surface area contributed by atoms with Crippen LogP contribution < -0.4 is 10.2 Å². The molecule has 1 aromatic carbocycles. The predicted molar refractivity (Wildman–Crippen MR) is 129 cm³/mol. The van der Waals surface area contributed by atoms with E-state index in [2.05, 4.69) is 10.2 Å². The van der Waals surface area contributed by atoms with Gasteiger partial charge in [-0.2, -0.15) is 4.98 Å². The van der Waals surface area contributed by atoms with E-state index >= 15 is 0 Å². The van der Waals surface area contributed by atoms with Crippen LogP contribution in [0, 0.1) is 10.1 Å². The van der Waals surface area contributed by atoms with Crippen molar-refractivity contribution in [2.24, 2.45) is 0 Å². The second-order valence-corrected chi connectivity index (χ2v) is 9.38. The summed E-state index contributed by atoms with van der Waals surface area (Å²) in [6.45, 7) is 0.218. The van der Waals surface area contributed by atoms with Gasteiger partial charge < -0.3 is 20.2 Å². The molecule has 4 rings (SSSR count). The van der Waals surface area contributed by atoms with Gasteiger partial charge in [0.25, 0.3) is 5.69 Å². The van der Waals surface area contributed by atoms with E-state index in [9.17, 15) is 20.0 Å². The van der Waals surface area contributed by atoms with Gasteiger partial charge in [0.05, 0.1) is 10.6 Å². The first-order valence-corrected chi connectivity index (χ1v) is 11.9. The number of fused-ring (bicyclic) bond motifs is 1. The third-order valence-electron chi connectivity index (χ3n) is 6.80. The van der Waals surface area contributed by atoms with Gasteiger partial charge in [-0.3, -0.25) is 10.1 Å². The van der Waals surface area contributed by atoms with Crippen molar-refractivity contribution in [1.29, 1.82) is 0 Å². The Morgan fingerprint density at radius 2 is 1.79 bits per heavy atom. The Kier molecular flexibility index (Phi) is 7.14. The number of hydrogen-bond acceptors (Lipinski definition) is 7. The van der Waals surface area contributed by atoms with Crippen molar-refractivity contribution in [3.8, 4) is 0 Å². The number of anilines is 2. The highest BCUT2D eigenvalue weighted by Gasteiger charge is 2.30. The summed E-state index contributed by atoms with van der Waals surface area (Å²) in [5.41, 5.74) is 3.14. The molecule has 10 nitrogen and oxygen atoms in total. The highest BCUT2D eigenvalue weighted by atomic mass is 16.6. The lowest BCUT2D eigenvalue weighted by atomic mass is 9.90. The standard InChI is InChI=1S/C24H32N6O4/c1-28(2)22-20-5-3-4-6-21(20)26-23(27-22)25-17-9-13-18(14-10-17)29(24(31)32)15-16-7-11-19(12-8-16)30(33)34/h7-8,11-12,17-18H,3-6,9-10,13-15H2,1-2H3,(H,31,32)(H,25,26,27)/t17-,18+. The zero-order valence-electron chi connectivity index (χ0n) is 19.7. The van der Waals surface area contributed by atoms with Crippen molar-refractivity contribution in [2.45, 2.75) is 70.0 Å². The van der Waals surface area contributed by atoms with Gasteiger partial charge >= 0.3 is 6.09 Å². The average molecular weight is 469 g/mol. The number of carbonyl (C=O) groups is 1. The minimum absolute atomic E-state index is 0.000900. The lowest BCUT2D eigenvalue weighted by molar-refractivity contribution is -0.384. The summed E-state index contributed by atoms with van der Waals surface area (Å²) in [7, 11) is 4.02. The molecule has 1 amide bonds. The maximum Gasteiger partial charge on any atom is 0.407 e. The van der Waals surface area contributed by atoms with Gasteiger partial charge in [0.15, 0.2) is 0 Å². The fraction of sp³-hybridized carbons (Fsp3) is 0.542. The molecular weight excluding hydrogens is 436 g/mol. The minimum Gasteiger partial charge on any atom is -0.465 e. The first-order valence-electron chi connectivity index (χ1n) is 11.9. The smallest absolute Gasteiger partial charge is 0.407 e. The highest BCUT2D eigenvalue weighted by Crippen LogP contribution is 2.30. The minimum atomic E-state index is -0.969. The molecule has 0 aliphatic heterocycles. The number of rotatable bonds is 7. The second-order valence-electron chi connectivity index (χ2n) is 9.38. The molecule has 0 spiro atoms. The normalized spacial score (nSPS) is 19.7. The Morgan fingerprint density at radius 1 is 1.12 bits per heavy atom. The summed E-state index contributed by atoms with van der Waals surface area (Å²) >= 11 is 0. The molecule has 10 heteroatoms. The van der Waals surface area contributed by atoms with Crippen LogP contribution in [0.1, 0.15) is 55.3 Å². The van der Waals surface area contributed by atoms with Gasteiger partial charge in [-0.15, -0.1) is 0 Å².